The predicted molar refractivity (Wildman–Crippen MR) is 82.1 cm³/mol. The van der Waals surface area contributed by atoms with Gasteiger partial charge in [-0.15, -0.1) is 0 Å². The van der Waals surface area contributed by atoms with Crippen LogP contribution in [0.3, 0.4) is 0 Å². The molecule has 1 saturated heterocycles. The Morgan fingerprint density at radius 2 is 1.86 bits per heavy atom. The molecule has 1 aliphatic heterocycles. The van der Waals surface area contributed by atoms with Gasteiger partial charge in [-0.05, 0) is 41.5 Å². The number of piperazine rings is 1. The van der Waals surface area contributed by atoms with E-state index in [1.165, 1.54) is 0 Å². The molecule has 6 nitrogen and oxygen atoms in total. The van der Waals surface area contributed by atoms with Gasteiger partial charge in [0.2, 0.25) is 5.91 Å². The zero-order chi connectivity index (χ0) is 16.3. The summed E-state index contributed by atoms with van der Waals surface area (Å²) in [5.74, 6) is -0.00830. The van der Waals surface area contributed by atoms with Gasteiger partial charge in [0.15, 0.2) is 0 Å². The van der Waals surface area contributed by atoms with Gasteiger partial charge >= 0.3 is 6.09 Å². The summed E-state index contributed by atoms with van der Waals surface area (Å²) in [5.41, 5.74) is -0.738. The summed E-state index contributed by atoms with van der Waals surface area (Å²) in [6.07, 6.45) is 0.0431. The number of carbonyl (C=O) groups excluding carboxylic acids is 2. The summed E-state index contributed by atoms with van der Waals surface area (Å²) >= 11 is 0. The summed E-state index contributed by atoms with van der Waals surface area (Å²) in [5, 5.41) is 6.21. The summed E-state index contributed by atoms with van der Waals surface area (Å²) in [6, 6.07) is -0.0337. The molecule has 0 spiro atoms. The van der Waals surface area contributed by atoms with Crippen molar-refractivity contribution in [2.24, 2.45) is 0 Å². The van der Waals surface area contributed by atoms with Crippen LogP contribution in [0.25, 0.3) is 0 Å². The summed E-state index contributed by atoms with van der Waals surface area (Å²) in [4.78, 5) is 25.7. The minimum atomic E-state index is -0.499. The van der Waals surface area contributed by atoms with E-state index in [2.05, 4.69) is 10.6 Å². The van der Waals surface area contributed by atoms with Gasteiger partial charge in [0, 0.05) is 37.6 Å². The molecule has 21 heavy (non-hydrogen) atoms. The minimum absolute atomic E-state index is 0.00830. The van der Waals surface area contributed by atoms with E-state index in [1.54, 1.807) is 4.90 Å². The van der Waals surface area contributed by atoms with Gasteiger partial charge in [-0.2, -0.15) is 0 Å². The number of nitrogens with zero attached hydrogens (tertiary/aromatic N) is 1. The van der Waals surface area contributed by atoms with Crippen molar-refractivity contribution in [3.63, 3.8) is 0 Å². The van der Waals surface area contributed by atoms with E-state index in [4.69, 9.17) is 4.74 Å². The van der Waals surface area contributed by atoms with E-state index in [9.17, 15) is 9.59 Å². The largest absolute Gasteiger partial charge is 0.444 e. The van der Waals surface area contributed by atoms with Crippen molar-refractivity contribution in [3.8, 4) is 0 Å². The number of ether oxygens (including phenoxy) is 1. The smallest absolute Gasteiger partial charge is 0.410 e. The van der Waals surface area contributed by atoms with Crippen LogP contribution in [0.15, 0.2) is 0 Å². The second-order valence-corrected chi connectivity index (χ2v) is 7.58. The van der Waals surface area contributed by atoms with E-state index in [-0.39, 0.29) is 23.6 Å². The average Bonchev–Trinajstić information content (AvgIpc) is 2.24. The molecule has 0 radical (unpaired) electrons. The summed E-state index contributed by atoms with van der Waals surface area (Å²) in [6.45, 7) is 13.2. The van der Waals surface area contributed by atoms with E-state index in [0.717, 1.165) is 0 Å². The highest BCUT2D eigenvalue weighted by atomic mass is 16.6. The zero-order valence-corrected chi connectivity index (χ0v) is 14.1. The number of hydrogen-bond donors (Lipinski definition) is 2. The molecule has 6 heteroatoms. The van der Waals surface area contributed by atoms with Gasteiger partial charge in [0.05, 0.1) is 0 Å². The van der Waals surface area contributed by atoms with Crippen LogP contribution in [0.2, 0.25) is 0 Å². The third kappa shape index (κ3) is 7.32. The topological polar surface area (TPSA) is 70.7 Å². The van der Waals surface area contributed by atoms with E-state index < -0.39 is 5.60 Å². The average molecular weight is 299 g/mol. The zero-order valence-electron chi connectivity index (χ0n) is 14.1. The Kier molecular flexibility index (Phi) is 5.61. The second-order valence-electron chi connectivity index (χ2n) is 7.58. The SMILES string of the molecule is CC(C)(C)NC(=O)C[C@H]1CN(C(=O)OC(C)(C)C)CCN1. The lowest BCUT2D eigenvalue weighted by Gasteiger charge is -2.35. The van der Waals surface area contributed by atoms with Crippen molar-refractivity contribution in [2.45, 2.75) is 65.1 Å². The lowest BCUT2D eigenvalue weighted by atomic mass is 10.1. The number of nitrogens with one attached hydrogen (secondary N) is 2. The van der Waals surface area contributed by atoms with Gasteiger partial charge < -0.3 is 20.3 Å². The first kappa shape index (κ1) is 17.8. The highest BCUT2D eigenvalue weighted by Crippen LogP contribution is 2.12. The molecule has 0 aromatic carbocycles. The van der Waals surface area contributed by atoms with Crippen molar-refractivity contribution >= 4 is 12.0 Å². The monoisotopic (exact) mass is 299 g/mol. The van der Waals surface area contributed by atoms with Crippen molar-refractivity contribution in [1.82, 2.24) is 15.5 Å². The Hall–Kier alpha value is -1.30. The fourth-order valence-electron chi connectivity index (χ4n) is 2.15. The van der Waals surface area contributed by atoms with Gasteiger partial charge in [0.25, 0.3) is 0 Å². The second kappa shape index (κ2) is 6.64. The Balaban J connectivity index is 2.49. The van der Waals surface area contributed by atoms with Crippen LogP contribution < -0.4 is 10.6 Å². The van der Waals surface area contributed by atoms with Crippen LogP contribution in [0.5, 0.6) is 0 Å². The molecule has 2 amide bonds. The van der Waals surface area contributed by atoms with Gasteiger partial charge in [-0.1, -0.05) is 0 Å². The Bertz CT molecular complexity index is 383. The minimum Gasteiger partial charge on any atom is -0.444 e. The third-order valence-corrected chi connectivity index (χ3v) is 2.85. The molecule has 122 valence electrons. The van der Waals surface area contributed by atoms with E-state index >= 15 is 0 Å². The number of amides is 2. The van der Waals surface area contributed by atoms with Gasteiger partial charge in [0.1, 0.15) is 5.60 Å². The third-order valence-electron chi connectivity index (χ3n) is 2.85. The molecule has 0 bridgehead atoms. The highest BCUT2D eigenvalue weighted by Gasteiger charge is 2.28. The lowest BCUT2D eigenvalue weighted by Crippen LogP contribution is -2.55. The Labute approximate surface area is 127 Å². The molecular weight excluding hydrogens is 270 g/mol. The van der Waals surface area contributed by atoms with Crippen LogP contribution in [-0.2, 0) is 9.53 Å². The molecule has 0 aliphatic carbocycles. The number of carbonyl (C=O) groups is 2. The van der Waals surface area contributed by atoms with Crippen LogP contribution >= 0.6 is 0 Å². The maximum Gasteiger partial charge on any atom is 0.410 e. The predicted octanol–water partition coefficient (Wildman–Crippen LogP) is 1.50. The molecule has 1 aliphatic rings. The fraction of sp³-hybridized carbons (Fsp3) is 0.867. The van der Waals surface area contributed by atoms with Crippen LogP contribution in [-0.4, -0.2) is 53.7 Å². The molecule has 0 unspecified atom stereocenters. The maximum atomic E-state index is 12.0. The Morgan fingerprint density at radius 1 is 1.24 bits per heavy atom. The van der Waals surface area contributed by atoms with Crippen LogP contribution in [0.4, 0.5) is 4.79 Å². The molecule has 1 rings (SSSR count). The van der Waals surface area contributed by atoms with Gasteiger partial charge in [-0.25, -0.2) is 4.79 Å². The van der Waals surface area contributed by atoms with Crippen molar-refractivity contribution in [1.29, 1.82) is 0 Å². The first-order valence-electron chi connectivity index (χ1n) is 7.48. The van der Waals surface area contributed by atoms with Crippen LogP contribution in [0, 0.1) is 0 Å². The molecule has 0 aromatic heterocycles. The molecule has 1 atom stereocenters. The molecule has 1 fully saturated rings. The number of rotatable bonds is 2. The molecule has 2 N–H and O–H groups in total. The first-order chi connectivity index (χ1) is 9.46. The number of hydrogen-bond acceptors (Lipinski definition) is 4. The normalized spacial score (nSPS) is 20.1. The molecule has 1 heterocycles. The van der Waals surface area contributed by atoms with E-state index in [1.807, 2.05) is 41.5 Å². The summed E-state index contributed by atoms with van der Waals surface area (Å²) < 4.78 is 5.37. The van der Waals surface area contributed by atoms with E-state index in [0.29, 0.717) is 26.1 Å². The molecule has 0 aromatic rings. The molecule has 0 saturated carbocycles. The van der Waals surface area contributed by atoms with Crippen molar-refractivity contribution in [3.05, 3.63) is 0 Å². The van der Waals surface area contributed by atoms with Gasteiger partial charge in [-0.3, -0.25) is 4.79 Å². The van der Waals surface area contributed by atoms with Crippen LogP contribution in [0.1, 0.15) is 48.0 Å². The fourth-order valence-corrected chi connectivity index (χ4v) is 2.15. The highest BCUT2D eigenvalue weighted by molar-refractivity contribution is 5.77. The Morgan fingerprint density at radius 3 is 2.38 bits per heavy atom. The standard InChI is InChI=1S/C15H29N3O3/c1-14(2,3)17-12(19)9-11-10-18(8-7-16-11)13(20)21-15(4,5)6/h11,16H,7-10H2,1-6H3,(H,17,19)/t11-/m0/s1. The van der Waals surface area contributed by atoms with Crippen molar-refractivity contribution < 1.29 is 14.3 Å². The lowest BCUT2D eigenvalue weighted by molar-refractivity contribution is -0.123. The quantitative estimate of drug-likeness (QED) is 0.810. The maximum absolute atomic E-state index is 12.0. The summed E-state index contributed by atoms with van der Waals surface area (Å²) in [7, 11) is 0. The molecular formula is C15H29N3O3. The first-order valence-corrected chi connectivity index (χ1v) is 7.48. The van der Waals surface area contributed by atoms with Crippen molar-refractivity contribution in [2.75, 3.05) is 19.6 Å².